The molecular formula is C15H22BrN3O. The number of nitrogens with zero attached hydrogens (tertiary/aromatic N) is 1. The molecule has 0 spiro atoms. The first-order chi connectivity index (χ1) is 9.69. The van der Waals surface area contributed by atoms with Gasteiger partial charge in [-0.25, -0.2) is 0 Å². The van der Waals surface area contributed by atoms with E-state index in [4.69, 9.17) is 0 Å². The summed E-state index contributed by atoms with van der Waals surface area (Å²) in [5.74, 6) is 0.0627. The Labute approximate surface area is 129 Å². The molecule has 0 aliphatic carbocycles. The smallest absolute Gasteiger partial charge is 0.238 e. The first-order valence-corrected chi connectivity index (χ1v) is 7.98. The molecule has 1 aromatic rings. The lowest BCUT2D eigenvalue weighted by Crippen LogP contribution is -2.42. The summed E-state index contributed by atoms with van der Waals surface area (Å²) in [7, 11) is 0. The van der Waals surface area contributed by atoms with Gasteiger partial charge in [0.15, 0.2) is 0 Å². The number of hydrogen-bond acceptors (Lipinski definition) is 3. The summed E-state index contributed by atoms with van der Waals surface area (Å²) in [6.07, 6.45) is 2.20. The molecule has 1 amide bonds. The molecule has 0 saturated carbocycles. The molecule has 1 aliphatic heterocycles. The molecule has 1 heterocycles. The Balaban J connectivity index is 1.88. The van der Waals surface area contributed by atoms with E-state index in [9.17, 15) is 4.79 Å². The molecule has 0 bridgehead atoms. The second-order valence-corrected chi connectivity index (χ2v) is 6.09. The van der Waals surface area contributed by atoms with Crippen molar-refractivity contribution in [2.24, 2.45) is 0 Å². The minimum atomic E-state index is 0.0627. The predicted octanol–water partition coefficient (Wildman–Crippen LogP) is 2.46. The third-order valence-corrected chi connectivity index (χ3v) is 4.06. The van der Waals surface area contributed by atoms with Gasteiger partial charge in [-0.05, 0) is 50.2 Å². The average molecular weight is 340 g/mol. The van der Waals surface area contributed by atoms with Crippen molar-refractivity contribution in [1.29, 1.82) is 0 Å². The molecule has 2 rings (SSSR count). The summed E-state index contributed by atoms with van der Waals surface area (Å²) in [5, 5.41) is 6.32. The summed E-state index contributed by atoms with van der Waals surface area (Å²) in [6, 6.07) is 8.17. The van der Waals surface area contributed by atoms with Crippen molar-refractivity contribution in [2.45, 2.75) is 25.8 Å². The Hall–Kier alpha value is -0.910. The zero-order chi connectivity index (χ0) is 14.4. The van der Waals surface area contributed by atoms with E-state index in [-0.39, 0.29) is 5.91 Å². The molecule has 5 heteroatoms. The number of nitrogens with one attached hydrogen (secondary N) is 2. The van der Waals surface area contributed by atoms with Crippen LogP contribution in [0.25, 0.3) is 0 Å². The Morgan fingerprint density at radius 2 is 2.20 bits per heavy atom. The molecule has 20 heavy (non-hydrogen) atoms. The van der Waals surface area contributed by atoms with Crippen LogP contribution in [0, 0.1) is 0 Å². The van der Waals surface area contributed by atoms with Gasteiger partial charge in [0.25, 0.3) is 0 Å². The van der Waals surface area contributed by atoms with Gasteiger partial charge in [0.1, 0.15) is 0 Å². The maximum absolute atomic E-state index is 12.2. The maximum atomic E-state index is 12.2. The van der Waals surface area contributed by atoms with Crippen LogP contribution in [0.3, 0.4) is 0 Å². The summed E-state index contributed by atoms with van der Waals surface area (Å²) in [6.45, 7) is 5.64. The van der Waals surface area contributed by atoms with E-state index in [1.54, 1.807) is 0 Å². The number of amides is 1. The van der Waals surface area contributed by atoms with E-state index < -0.39 is 0 Å². The molecule has 1 aromatic carbocycles. The van der Waals surface area contributed by atoms with Crippen LogP contribution >= 0.6 is 15.9 Å². The van der Waals surface area contributed by atoms with Crippen LogP contribution in [0.1, 0.15) is 19.8 Å². The van der Waals surface area contributed by atoms with E-state index in [0.29, 0.717) is 12.6 Å². The van der Waals surface area contributed by atoms with E-state index in [1.165, 1.54) is 0 Å². The standard InChI is InChI=1S/C15H22BrN3O/c1-2-9-19(14-7-8-17-10-14)11-15(20)18-13-5-3-12(16)4-6-13/h3-6,14,17H,2,7-11H2,1H3,(H,18,20). The fourth-order valence-corrected chi connectivity index (χ4v) is 2.81. The van der Waals surface area contributed by atoms with E-state index in [2.05, 4.69) is 38.4 Å². The van der Waals surface area contributed by atoms with Crippen LogP contribution in [-0.2, 0) is 4.79 Å². The SMILES string of the molecule is CCCN(CC(=O)Nc1ccc(Br)cc1)C1CCNC1. The molecule has 2 N–H and O–H groups in total. The highest BCUT2D eigenvalue weighted by Gasteiger charge is 2.23. The number of carbonyl (C=O) groups excluding carboxylic acids is 1. The highest BCUT2D eigenvalue weighted by atomic mass is 79.9. The molecule has 1 aliphatic rings. The zero-order valence-electron chi connectivity index (χ0n) is 11.9. The molecular weight excluding hydrogens is 318 g/mol. The van der Waals surface area contributed by atoms with Crippen LogP contribution in [0.15, 0.2) is 28.7 Å². The van der Waals surface area contributed by atoms with Crippen molar-refractivity contribution in [2.75, 3.05) is 31.5 Å². The number of benzene rings is 1. The first-order valence-electron chi connectivity index (χ1n) is 7.19. The van der Waals surface area contributed by atoms with E-state index >= 15 is 0 Å². The number of anilines is 1. The van der Waals surface area contributed by atoms with Crippen LogP contribution in [0.2, 0.25) is 0 Å². The normalized spacial score (nSPS) is 18.4. The summed E-state index contributed by atoms with van der Waals surface area (Å²) < 4.78 is 1.01. The van der Waals surface area contributed by atoms with Crippen molar-refractivity contribution >= 4 is 27.5 Å². The molecule has 4 nitrogen and oxygen atoms in total. The Morgan fingerprint density at radius 1 is 1.45 bits per heavy atom. The van der Waals surface area contributed by atoms with Crippen molar-refractivity contribution in [3.63, 3.8) is 0 Å². The second-order valence-electron chi connectivity index (χ2n) is 5.17. The van der Waals surface area contributed by atoms with Gasteiger partial charge in [-0.1, -0.05) is 22.9 Å². The predicted molar refractivity (Wildman–Crippen MR) is 85.9 cm³/mol. The monoisotopic (exact) mass is 339 g/mol. The van der Waals surface area contributed by atoms with Gasteiger partial charge in [-0.2, -0.15) is 0 Å². The van der Waals surface area contributed by atoms with Gasteiger partial charge in [0.2, 0.25) is 5.91 Å². The fraction of sp³-hybridized carbons (Fsp3) is 0.533. The van der Waals surface area contributed by atoms with Crippen LogP contribution in [0.4, 0.5) is 5.69 Å². The third kappa shape index (κ3) is 4.58. The van der Waals surface area contributed by atoms with Crippen LogP contribution < -0.4 is 10.6 Å². The summed E-state index contributed by atoms with van der Waals surface area (Å²) >= 11 is 3.39. The minimum absolute atomic E-state index is 0.0627. The third-order valence-electron chi connectivity index (χ3n) is 3.54. The quantitative estimate of drug-likeness (QED) is 0.836. The molecule has 0 radical (unpaired) electrons. The lowest BCUT2D eigenvalue weighted by atomic mass is 10.2. The lowest BCUT2D eigenvalue weighted by molar-refractivity contribution is -0.117. The van der Waals surface area contributed by atoms with Gasteiger partial charge in [-0.3, -0.25) is 9.69 Å². The van der Waals surface area contributed by atoms with E-state index in [0.717, 1.165) is 42.6 Å². The Kier molecular flexibility index (Phi) is 6.01. The fourth-order valence-electron chi connectivity index (χ4n) is 2.55. The second kappa shape index (κ2) is 7.76. The Morgan fingerprint density at radius 3 is 2.80 bits per heavy atom. The highest BCUT2D eigenvalue weighted by molar-refractivity contribution is 9.10. The maximum Gasteiger partial charge on any atom is 0.238 e. The van der Waals surface area contributed by atoms with Crippen molar-refractivity contribution in [1.82, 2.24) is 10.2 Å². The highest BCUT2D eigenvalue weighted by Crippen LogP contribution is 2.14. The molecule has 1 unspecified atom stereocenters. The molecule has 110 valence electrons. The van der Waals surface area contributed by atoms with Crippen molar-refractivity contribution in [3.8, 4) is 0 Å². The number of rotatable bonds is 6. The lowest BCUT2D eigenvalue weighted by Gasteiger charge is -2.27. The number of halogens is 1. The van der Waals surface area contributed by atoms with Crippen LogP contribution in [0.5, 0.6) is 0 Å². The molecule has 1 fully saturated rings. The molecule has 0 aromatic heterocycles. The van der Waals surface area contributed by atoms with Gasteiger partial charge in [-0.15, -0.1) is 0 Å². The Bertz CT molecular complexity index is 429. The number of carbonyl (C=O) groups is 1. The van der Waals surface area contributed by atoms with Gasteiger partial charge in [0.05, 0.1) is 6.54 Å². The zero-order valence-corrected chi connectivity index (χ0v) is 13.4. The topological polar surface area (TPSA) is 44.4 Å². The first kappa shape index (κ1) is 15.5. The summed E-state index contributed by atoms with van der Waals surface area (Å²) in [5.41, 5.74) is 0.846. The van der Waals surface area contributed by atoms with Gasteiger partial charge >= 0.3 is 0 Å². The largest absolute Gasteiger partial charge is 0.325 e. The van der Waals surface area contributed by atoms with Gasteiger partial charge < -0.3 is 10.6 Å². The van der Waals surface area contributed by atoms with Crippen molar-refractivity contribution in [3.05, 3.63) is 28.7 Å². The number of hydrogen-bond donors (Lipinski definition) is 2. The molecule has 1 saturated heterocycles. The molecule has 1 atom stereocenters. The van der Waals surface area contributed by atoms with Gasteiger partial charge in [0, 0.05) is 22.7 Å². The van der Waals surface area contributed by atoms with E-state index in [1.807, 2.05) is 24.3 Å². The van der Waals surface area contributed by atoms with Crippen LogP contribution in [-0.4, -0.2) is 43.0 Å². The van der Waals surface area contributed by atoms with Crippen molar-refractivity contribution < 1.29 is 4.79 Å². The average Bonchev–Trinajstić information content (AvgIpc) is 2.95. The summed E-state index contributed by atoms with van der Waals surface area (Å²) in [4.78, 5) is 14.4. The minimum Gasteiger partial charge on any atom is -0.325 e.